The zero-order valence-electron chi connectivity index (χ0n) is 13.7. The Morgan fingerprint density at radius 3 is 1.61 bits per heavy atom. The fraction of sp³-hybridized carbons (Fsp3) is 0.929. The quantitative estimate of drug-likeness (QED) is 0.728. The lowest BCUT2D eigenvalue weighted by Gasteiger charge is -2.24. The van der Waals surface area contributed by atoms with Crippen LogP contribution in [0.4, 0.5) is 0 Å². The summed E-state index contributed by atoms with van der Waals surface area (Å²) in [5.41, 5.74) is 0. The molecule has 4 nitrogen and oxygen atoms in total. The first-order valence-corrected chi connectivity index (χ1v) is 7.06. The molecule has 0 saturated carbocycles. The van der Waals surface area contributed by atoms with Crippen LogP contribution < -0.4 is 0 Å². The van der Waals surface area contributed by atoms with E-state index < -0.39 is 0 Å². The Labute approximate surface area is 114 Å². The van der Waals surface area contributed by atoms with Crippen LogP contribution >= 0.6 is 0 Å². The fourth-order valence-electron chi connectivity index (χ4n) is 0.917. The zero-order valence-corrected chi connectivity index (χ0v) is 13.7. The summed E-state index contributed by atoms with van der Waals surface area (Å²) in [6.45, 7) is 17.0. The van der Waals surface area contributed by atoms with E-state index in [0.29, 0.717) is 0 Å². The van der Waals surface area contributed by atoms with Gasteiger partial charge in [0.2, 0.25) is 5.91 Å². The van der Waals surface area contributed by atoms with Gasteiger partial charge in [-0.2, -0.15) is 0 Å². The van der Waals surface area contributed by atoms with Gasteiger partial charge < -0.3 is 9.64 Å². The van der Waals surface area contributed by atoms with Crippen LogP contribution in [0.1, 0.15) is 41.5 Å². The number of likely N-dealkylation sites (N-methyl/N-ethyl adjacent to an activating group) is 1. The summed E-state index contributed by atoms with van der Waals surface area (Å²) >= 11 is 0. The van der Waals surface area contributed by atoms with Gasteiger partial charge in [-0.25, -0.2) is 0 Å². The lowest BCUT2D eigenvalue weighted by Crippen LogP contribution is -2.35. The predicted octanol–water partition coefficient (Wildman–Crippen LogP) is 2.49. The van der Waals surface area contributed by atoms with Crippen molar-refractivity contribution in [1.82, 2.24) is 9.80 Å². The van der Waals surface area contributed by atoms with Gasteiger partial charge in [-0.05, 0) is 6.54 Å². The maximum Gasteiger partial charge on any atom is 0.218 e. The second-order valence-electron chi connectivity index (χ2n) is 3.46. The Bertz CT molecular complexity index is 156. The topological polar surface area (TPSA) is 32.8 Å². The number of nitrogens with zero attached hydrogens (tertiary/aromatic N) is 2. The Balaban J connectivity index is -0.000000201. The molecule has 1 amide bonds. The molecular formula is C14H34N2O2. The SMILES string of the molecule is CC.CC.CC(=O)N(C)C.CCN1CCOCC1. The Morgan fingerprint density at radius 2 is 1.44 bits per heavy atom. The number of morpholine rings is 1. The van der Waals surface area contributed by atoms with Gasteiger partial charge in [-0.15, -0.1) is 0 Å². The van der Waals surface area contributed by atoms with Crippen LogP contribution in [0.25, 0.3) is 0 Å². The number of carbonyl (C=O) groups excluding carboxylic acids is 1. The zero-order chi connectivity index (χ0) is 15.0. The monoisotopic (exact) mass is 262 g/mol. The molecule has 18 heavy (non-hydrogen) atoms. The molecule has 112 valence electrons. The van der Waals surface area contributed by atoms with Crippen molar-refractivity contribution in [2.75, 3.05) is 46.9 Å². The molecule has 1 rings (SSSR count). The second kappa shape index (κ2) is 18.7. The molecule has 1 aliphatic rings. The van der Waals surface area contributed by atoms with E-state index in [9.17, 15) is 4.79 Å². The molecular weight excluding hydrogens is 228 g/mol. The smallest absolute Gasteiger partial charge is 0.218 e. The molecule has 1 aliphatic heterocycles. The molecule has 0 aromatic heterocycles. The van der Waals surface area contributed by atoms with Crippen LogP contribution in [0.15, 0.2) is 0 Å². The molecule has 1 saturated heterocycles. The highest BCUT2D eigenvalue weighted by Gasteiger charge is 2.05. The summed E-state index contributed by atoms with van der Waals surface area (Å²) in [5.74, 6) is 0.0926. The van der Waals surface area contributed by atoms with Crippen molar-refractivity contribution in [3.63, 3.8) is 0 Å². The third kappa shape index (κ3) is 17.8. The summed E-state index contributed by atoms with van der Waals surface area (Å²) in [6.07, 6.45) is 0. The van der Waals surface area contributed by atoms with Gasteiger partial charge in [-0.3, -0.25) is 9.69 Å². The normalized spacial score (nSPS) is 13.8. The van der Waals surface area contributed by atoms with Crippen molar-refractivity contribution in [2.45, 2.75) is 41.5 Å². The van der Waals surface area contributed by atoms with Crippen molar-refractivity contribution >= 4 is 5.91 Å². The van der Waals surface area contributed by atoms with Gasteiger partial charge in [-0.1, -0.05) is 34.6 Å². The van der Waals surface area contributed by atoms with Crippen LogP contribution in [0, 0.1) is 0 Å². The molecule has 0 radical (unpaired) electrons. The van der Waals surface area contributed by atoms with Crippen molar-refractivity contribution in [3.05, 3.63) is 0 Å². The third-order valence-electron chi connectivity index (χ3n) is 2.18. The van der Waals surface area contributed by atoms with E-state index in [1.165, 1.54) is 18.4 Å². The average molecular weight is 262 g/mol. The Hall–Kier alpha value is -0.610. The lowest BCUT2D eigenvalue weighted by molar-refractivity contribution is -0.126. The summed E-state index contributed by atoms with van der Waals surface area (Å²) in [6, 6.07) is 0. The van der Waals surface area contributed by atoms with E-state index in [1.807, 2.05) is 27.7 Å². The number of amides is 1. The maximum absolute atomic E-state index is 10.1. The third-order valence-corrected chi connectivity index (χ3v) is 2.18. The van der Waals surface area contributed by atoms with Gasteiger partial charge in [0, 0.05) is 34.1 Å². The molecule has 0 aromatic carbocycles. The van der Waals surface area contributed by atoms with E-state index in [1.54, 1.807) is 14.1 Å². The minimum Gasteiger partial charge on any atom is -0.379 e. The molecule has 1 heterocycles. The highest BCUT2D eigenvalue weighted by Crippen LogP contribution is 1.93. The molecule has 4 heteroatoms. The van der Waals surface area contributed by atoms with Crippen molar-refractivity contribution in [1.29, 1.82) is 0 Å². The maximum atomic E-state index is 10.1. The predicted molar refractivity (Wildman–Crippen MR) is 80.0 cm³/mol. The highest BCUT2D eigenvalue weighted by molar-refractivity contribution is 5.72. The minimum absolute atomic E-state index is 0.0926. The van der Waals surface area contributed by atoms with Crippen molar-refractivity contribution in [2.24, 2.45) is 0 Å². The number of hydrogen-bond acceptors (Lipinski definition) is 3. The molecule has 0 bridgehead atoms. The van der Waals surface area contributed by atoms with E-state index in [0.717, 1.165) is 26.3 Å². The first kappa shape index (κ1) is 22.6. The number of hydrogen-bond donors (Lipinski definition) is 0. The number of ether oxygens (including phenoxy) is 1. The highest BCUT2D eigenvalue weighted by atomic mass is 16.5. The standard InChI is InChI=1S/C6H13NO.C4H9NO.2C2H6/c1-2-7-3-5-8-6-4-7;1-4(6)5(2)3;2*1-2/h2-6H2,1H3;1-3H3;2*1-2H3. The molecule has 1 fully saturated rings. The van der Waals surface area contributed by atoms with E-state index in [4.69, 9.17) is 4.74 Å². The molecule has 0 N–H and O–H groups in total. The van der Waals surface area contributed by atoms with Gasteiger partial charge in [0.1, 0.15) is 0 Å². The van der Waals surface area contributed by atoms with Crippen LogP contribution in [-0.4, -0.2) is 62.7 Å². The van der Waals surface area contributed by atoms with Crippen LogP contribution in [0.5, 0.6) is 0 Å². The summed E-state index contributed by atoms with van der Waals surface area (Å²) < 4.78 is 5.16. The van der Waals surface area contributed by atoms with E-state index in [-0.39, 0.29) is 5.91 Å². The van der Waals surface area contributed by atoms with Crippen molar-refractivity contribution in [3.8, 4) is 0 Å². The average Bonchev–Trinajstić information content (AvgIpc) is 2.44. The molecule has 0 aliphatic carbocycles. The van der Waals surface area contributed by atoms with E-state index >= 15 is 0 Å². The summed E-state index contributed by atoms with van der Waals surface area (Å²) in [7, 11) is 3.45. The number of carbonyl (C=O) groups is 1. The van der Waals surface area contributed by atoms with Crippen molar-refractivity contribution < 1.29 is 9.53 Å². The van der Waals surface area contributed by atoms with Gasteiger partial charge in [0.05, 0.1) is 13.2 Å². The fourth-order valence-corrected chi connectivity index (χ4v) is 0.917. The first-order valence-electron chi connectivity index (χ1n) is 7.06. The van der Waals surface area contributed by atoms with E-state index in [2.05, 4.69) is 11.8 Å². The molecule has 0 unspecified atom stereocenters. The molecule has 0 aromatic rings. The second-order valence-corrected chi connectivity index (χ2v) is 3.46. The number of rotatable bonds is 1. The molecule has 0 atom stereocenters. The summed E-state index contributed by atoms with van der Waals surface area (Å²) in [5, 5.41) is 0. The van der Waals surface area contributed by atoms with Gasteiger partial charge in [0.25, 0.3) is 0 Å². The lowest BCUT2D eigenvalue weighted by atomic mass is 10.4. The van der Waals surface area contributed by atoms with Crippen LogP contribution in [-0.2, 0) is 9.53 Å². The first-order chi connectivity index (χ1) is 8.57. The minimum atomic E-state index is 0.0926. The summed E-state index contributed by atoms with van der Waals surface area (Å²) in [4.78, 5) is 14.0. The Morgan fingerprint density at radius 1 is 1.11 bits per heavy atom. The largest absolute Gasteiger partial charge is 0.379 e. The molecule has 0 spiro atoms. The van der Waals surface area contributed by atoms with Gasteiger partial charge in [0.15, 0.2) is 0 Å². The van der Waals surface area contributed by atoms with Crippen LogP contribution in [0.2, 0.25) is 0 Å². The van der Waals surface area contributed by atoms with Crippen LogP contribution in [0.3, 0.4) is 0 Å². The Kier molecular flexibility index (Phi) is 23.5. The van der Waals surface area contributed by atoms with Gasteiger partial charge >= 0.3 is 0 Å².